The number of hydrogen-bond acceptors (Lipinski definition) is 7. The van der Waals surface area contributed by atoms with Gasteiger partial charge in [-0.15, -0.1) is 0 Å². The van der Waals surface area contributed by atoms with Gasteiger partial charge in [0.15, 0.2) is 0 Å². The summed E-state index contributed by atoms with van der Waals surface area (Å²) in [6.45, 7) is 4.02. The Balaban J connectivity index is 4.16. The van der Waals surface area contributed by atoms with E-state index >= 15 is 0 Å². The largest absolute Gasteiger partial charge is 0.472 e. The average Bonchev–Trinajstić information content (AvgIpc) is 3.21. The minimum Gasteiger partial charge on any atom is -0.393 e. The summed E-state index contributed by atoms with van der Waals surface area (Å²) in [6, 6.07) is -0.978. The van der Waals surface area contributed by atoms with Crippen LogP contribution in [0.3, 0.4) is 0 Å². The lowest BCUT2D eigenvalue weighted by atomic mass is 10.0. The Bertz CT molecular complexity index is 955. The number of carbonyl (C=O) groups excluding carboxylic acids is 1. The van der Waals surface area contributed by atoms with E-state index in [0.717, 1.165) is 38.5 Å². The summed E-state index contributed by atoms with van der Waals surface area (Å²) in [5.41, 5.74) is 5.38. The fourth-order valence-electron chi connectivity index (χ4n) is 7.83. The maximum absolute atomic E-state index is 12.9. The minimum atomic E-state index is -4.40. The highest BCUT2D eigenvalue weighted by Gasteiger charge is 2.27. The van der Waals surface area contributed by atoms with Crippen LogP contribution < -0.4 is 11.1 Å². The lowest BCUT2D eigenvalue weighted by Crippen LogP contribution is -2.46. The molecule has 0 saturated heterocycles. The molecule has 4 unspecified atom stereocenters. The zero-order valence-corrected chi connectivity index (χ0v) is 39.8. The van der Waals surface area contributed by atoms with Crippen LogP contribution in [0.1, 0.15) is 258 Å². The van der Waals surface area contributed by atoms with E-state index in [1.807, 2.05) is 6.08 Å². The topological polar surface area (TPSA) is 151 Å². The lowest BCUT2D eigenvalue weighted by molar-refractivity contribution is -0.124. The summed E-state index contributed by atoms with van der Waals surface area (Å²) in [6.07, 6.45) is 48.7. The van der Waals surface area contributed by atoms with Crippen LogP contribution in [0.4, 0.5) is 0 Å². The quantitative estimate of drug-likeness (QED) is 0.0230. The first-order chi connectivity index (χ1) is 28.8. The number of carbonyl (C=O) groups is 1. The van der Waals surface area contributed by atoms with Gasteiger partial charge in [-0.3, -0.25) is 13.8 Å². The molecular formula is C49H99N2O7P. The van der Waals surface area contributed by atoms with E-state index in [9.17, 15) is 24.5 Å². The van der Waals surface area contributed by atoms with Crippen molar-refractivity contribution in [2.75, 3.05) is 19.8 Å². The second-order valence-corrected chi connectivity index (χ2v) is 19.0. The zero-order chi connectivity index (χ0) is 43.3. The Morgan fingerprint density at radius 3 is 1.31 bits per heavy atom. The first-order valence-corrected chi connectivity index (χ1v) is 26.9. The second kappa shape index (κ2) is 45.2. The number of aliphatic hydroxyl groups excluding tert-OH is 2. The molecule has 6 N–H and O–H groups in total. The number of unbranched alkanes of at least 4 members (excludes halogenated alkanes) is 34. The highest BCUT2D eigenvalue weighted by atomic mass is 31.2. The summed E-state index contributed by atoms with van der Waals surface area (Å²) in [7, 11) is -4.40. The summed E-state index contributed by atoms with van der Waals surface area (Å²) < 4.78 is 22.2. The number of phosphoric acid groups is 1. The van der Waals surface area contributed by atoms with Gasteiger partial charge in [-0.05, 0) is 19.3 Å². The summed E-state index contributed by atoms with van der Waals surface area (Å²) >= 11 is 0. The smallest absolute Gasteiger partial charge is 0.393 e. The molecule has 0 saturated carbocycles. The molecule has 0 aromatic rings. The average molecular weight is 859 g/mol. The van der Waals surface area contributed by atoms with Gasteiger partial charge in [-0.2, -0.15) is 0 Å². The molecule has 0 aliphatic carbocycles. The van der Waals surface area contributed by atoms with Crippen molar-refractivity contribution in [2.24, 2.45) is 5.73 Å². The van der Waals surface area contributed by atoms with Crippen molar-refractivity contribution in [3.8, 4) is 0 Å². The van der Waals surface area contributed by atoms with Gasteiger partial charge in [0.1, 0.15) is 0 Å². The Morgan fingerprint density at radius 2 is 0.932 bits per heavy atom. The van der Waals surface area contributed by atoms with Gasteiger partial charge >= 0.3 is 7.82 Å². The minimum absolute atomic E-state index is 0.0518. The van der Waals surface area contributed by atoms with Crippen LogP contribution in [0, 0.1) is 0 Å². The van der Waals surface area contributed by atoms with Gasteiger partial charge in [0, 0.05) is 6.54 Å². The molecule has 0 aliphatic rings. The predicted molar refractivity (Wildman–Crippen MR) is 251 cm³/mol. The van der Waals surface area contributed by atoms with E-state index in [2.05, 4.69) is 19.2 Å². The van der Waals surface area contributed by atoms with Gasteiger partial charge in [-0.1, -0.05) is 244 Å². The zero-order valence-electron chi connectivity index (χ0n) is 38.9. The molecule has 1 amide bonds. The molecule has 0 radical (unpaired) electrons. The summed E-state index contributed by atoms with van der Waals surface area (Å²) in [5, 5.41) is 24.2. The van der Waals surface area contributed by atoms with Gasteiger partial charge in [0.2, 0.25) is 5.91 Å². The number of rotatable bonds is 48. The number of nitrogens with one attached hydrogen (secondary N) is 1. The molecule has 0 bridgehead atoms. The molecule has 10 heteroatoms. The van der Waals surface area contributed by atoms with Crippen molar-refractivity contribution in [1.29, 1.82) is 0 Å². The first-order valence-electron chi connectivity index (χ1n) is 25.4. The van der Waals surface area contributed by atoms with E-state index < -0.39 is 38.6 Å². The van der Waals surface area contributed by atoms with E-state index in [1.54, 1.807) is 6.08 Å². The van der Waals surface area contributed by atoms with Crippen molar-refractivity contribution in [3.05, 3.63) is 12.2 Å². The summed E-state index contributed by atoms with van der Waals surface area (Å²) in [5.74, 6) is -0.440. The SMILES string of the molecule is CCCCCCCCCCCCCCCCC/C=C/C(O)C(COP(=O)(O)OCCN)NC(=O)CC(O)CCCCCCCCCCCCCCCCCCCCCC. The van der Waals surface area contributed by atoms with Gasteiger partial charge in [-0.25, -0.2) is 4.57 Å². The van der Waals surface area contributed by atoms with Crippen molar-refractivity contribution < 1.29 is 33.5 Å². The number of allylic oxidation sites excluding steroid dienone is 1. The molecule has 4 atom stereocenters. The third-order valence-corrected chi connectivity index (χ3v) is 12.7. The molecule has 0 aromatic carbocycles. The normalized spacial score (nSPS) is 14.5. The Hall–Kier alpha value is -0.800. The maximum Gasteiger partial charge on any atom is 0.472 e. The van der Waals surface area contributed by atoms with Crippen LogP contribution in [0.2, 0.25) is 0 Å². The number of hydrogen-bond donors (Lipinski definition) is 5. The first kappa shape index (κ1) is 58.2. The molecule has 0 aromatic heterocycles. The number of nitrogens with two attached hydrogens (primary N) is 1. The van der Waals surface area contributed by atoms with E-state index in [4.69, 9.17) is 14.8 Å². The van der Waals surface area contributed by atoms with Crippen LogP contribution in [-0.4, -0.2) is 59.0 Å². The monoisotopic (exact) mass is 859 g/mol. The number of aliphatic hydroxyl groups is 2. The molecular weight excluding hydrogens is 760 g/mol. The molecule has 352 valence electrons. The molecule has 0 fully saturated rings. The van der Waals surface area contributed by atoms with Crippen LogP contribution in [-0.2, 0) is 18.4 Å². The van der Waals surface area contributed by atoms with Gasteiger partial charge in [0.05, 0.1) is 37.9 Å². The van der Waals surface area contributed by atoms with E-state index in [0.29, 0.717) is 6.42 Å². The highest BCUT2D eigenvalue weighted by Crippen LogP contribution is 2.43. The Morgan fingerprint density at radius 1 is 0.576 bits per heavy atom. The molecule has 0 aliphatic heterocycles. The van der Waals surface area contributed by atoms with Crippen molar-refractivity contribution in [3.63, 3.8) is 0 Å². The molecule has 59 heavy (non-hydrogen) atoms. The predicted octanol–water partition coefficient (Wildman–Crippen LogP) is 13.7. The molecule has 0 spiro atoms. The van der Waals surface area contributed by atoms with Crippen LogP contribution in [0.5, 0.6) is 0 Å². The Labute approximate surface area is 365 Å². The fourth-order valence-corrected chi connectivity index (χ4v) is 8.59. The number of phosphoric ester groups is 1. The van der Waals surface area contributed by atoms with E-state index in [1.165, 1.54) is 193 Å². The molecule has 9 nitrogen and oxygen atoms in total. The number of amides is 1. The van der Waals surface area contributed by atoms with Crippen LogP contribution >= 0.6 is 7.82 Å². The molecule has 0 heterocycles. The molecule has 0 rings (SSSR count). The van der Waals surface area contributed by atoms with Crippen LogP contribution in [0.15, 0.2) is 12.2 Å². The van der Waals surface area contributed by atoms with Crippen molar-refractivity contribution >= 4 is 13.7 Å². The van der Waals surface area contributed by atoms with Crippen LogP contribution in [0.25, 0.3) is 0 Å². The third kappa shape index (κ3) is 43.6. The third-order valence-electron chi connectivity index (χ3n) is 11.7. The van der Waals surface area contributed by atoms with Crippen molar-refractivity contribution in [2.45, 2.75) is 276 Å². The summed E-state index contributed by atoms with van der Waals surface area (Å²) in [4.78, 5) is 22.8. The Kier molecular flexibility index (Phi) is 44.6. The highest BCUT2D eigenvalue weighted by molar-refractivity contribution is 7.47. The standard InChI is InChI=1S/C49H99N2O7P/c1-3-5-7-9-11-13-15-17-19-21-22-23-25-26-28-30-32-34-36-38-40-46(52)44-49(54)51-47(45-58-59(55,56)57-43-42-50)48(53)41-39-37-35-33-31-29-27-24-20-18-16-14-12-10-8-6-4-2/h39,41,46-48,52-53H,3-38,40,42-45,50H2,1-2H3,(H,51,54)(H,55,56)/b41-39+. The second-order valence-electron chi connectivity index (χ2n) is 17.6. The van der Waals surface area contributed by atoms with Crippen molar-refractivity contribution in [1.82, 2.24) is 5.32 Å². The lowest BCUT2D eigenvalue weighted by Gasteiger charge is -2.24. The van der Waals surface area contributed by atoms with Gasteiger partial charge in [0.25, 0.3) is 0 Å². The fraction of sp³-hybridized carbons (Fsp3) is 0.939. The van der Waals surface area contributed by atoms with Gasteiger partial charge < -0.3 is 26.2 Å². The van der Waals surface area contributed by atoms with E-state index in [-0.39, 0.29) is 19.6 Å². The maximum atomic E-state index is 12.9.